The van der Waals surface area contributed by atoms with Crippen LogP contribution in [0.25, 0.3) is 0 Å². The molecular weight excluding hydrogens is 278 g/mol. The Balaban J connectivity index is 1.72. The molecule has 0 fully saturated rings. The zero-order chi connectivity index (χ0) is 15.5. The van der Waals surface area contributed by atoms with Crippen molar-refractivity contribution in [3.05, 3.63) is 69.6 Å². The summed E-state index contributed by atoms with van der Waals surface area (Å²) in [4.78, 5) is 24.2. The Morgan fingerprint density at radius 1 is 1.32 bits per heavy atom. The van der Waals surface area contributed by atoms with Crippen molar-refractivity contribution >= 4 is 5.91 Å². The molecular formula is C17H19N3O2. The van der Waals surface area contributed by atoms with Crippen molar-refractivity contribution in [2.75, 3.05) is 13.1 Å². The number of carbonyl (C=O) groups excluding carboxylic acids is 1. The van der Waals surface area contributed by atoms with Crippen LogP contribution in [0.2, 0.25) is 0 Å². The van der Waals surface area contributed by atoms with Gasteiger partial charge in [0.05, 0.1) is 0 Å². The van der Waals surface area contributed by atoms with Crippen LogP contribution in [0, 0.1) is 0 Å². The van der Waals surface area contributed by atoms with Gasteiger partial charge in [0, 0.05) is 25.8 Å². The second kappa shape index (κ2) is 6.15. The van der Waals surface area contributed by atoms with Gasteiger partial charge in [-0.15, -0.1) is 0 Å². The fraction of sp³-hybridized carbons (Fsp3) is 0.294. The van der Waals surface area contributed by atoms with Crippen LogP contribution in [0.1, 0.15) is 27.5 Å². The summed E-state index contributed by atoms with van der Waals surface area (Å²) in [6.45, 7) is 1.36. The van der Waals surface area contributed by atoms with Crippen molar-refractivity contribution in [1.82, 2.24) is 15.2 Å². The van der Waals surface area contributed by atoms with Gasteiger partial charge in [0.15, 0.2) is 0 Å². The molecule has 1 aliphatic heterocycles. The second-order valence-corrected chi connectivity index (χ2v) is 5.50. The van der Waals surface area contributed by atoms with Crippen molar-refractivity contribution in [3.63, 3.8) is 0 Å². The number of amides is 1. The van der Waals surface area contributed by atoms with E-state index in [4.69, 9.17) is 0 Å². The summed E-state index contributed by atoms with van der Waals surface area (Å²) in [7, 11) is 1.64. The lowest BCUT2D eigenvalue weighted by atomic mass is 9.94. The minimum absolute atomic E-state index is 0.0847. The van der Waals surface area contributed by atoms with Crippen LogP contribution >= 0.6 is 0 Å². The van der Waals surface area contributed by atoms with Crippen LogP contribution in [0.4, 0.5) is 0 Å². The molecule has 114 valence electrons. The highest BCUT2D eigenvalue weighted by Crippen LogP contribution is 2.21. The third-order valence-electron chi connectivity index (χ3n) is 4.05. The lowest BCUT2D eigenvalue weighted by molar-refractivity contribution is 0.0947. The molecule has 1 aromatic carbocycles. The first-order valence-electron chi connectivity index (χ1n) is 7.42. The Kier molecular flexibility index (Phi) is 4.06. The normalized spacial score (nSPS) is 16.9. The third kappa shape index (κ3) is 2.80. The fourth-order valence-electron chi connectivity index (χ4n) is 2.84. The number of benzene rings is 1. The van der Waals surface area contributed by atoms with Crippen LogP contribution in [0.15, 0.2) is 47.4 Å². The molecule has 2 N–H and O–H groups in total. The van der Waals surface area contributed by atoms with Crippen molar-refractivity contribution in [2.45, 2.75) is 12.5 Å². The number of nitrogens with one attached hydrogen (secondary N) is 2. The first-order valence-corrected chi connectivity index (χ1v) is 7.42. The maximum Gasteiger partial charge on any atom is 0.263 e. The molecule has 0 aliphatic carbocycles. The summed E-state index contributed by atoms with van der Waals surface area (Å²) in [5, 5.41) is 6.27. The van der Waals surface area contributed by atoms with Crippen LogP contribution in [0.3, 0.4) is 0 Å². The lowest BCUT2D eigenvalue weighted by Crippen LogP contribution is -2.40. The first-order chi connectivity index (χ1) is 10.7. The van der Waals surface area contributed by atoms with E-state index in [0.29, 0.717) is 6.54 Å². The summed E-state index contributed by atoms with van der Waals surface area (Å²) in [6, 6.07) is 11.6. The molecule has 1 amide bonds. The Labute approximate surface area is 129 Å². The van der Waals surface area contributed by atoms with Crippen LogP contribution in [0.5, 0.6) is 0 Å². The van der Waals surface area contributed by atoms with Gasteiger partial charge >= 0.3 is 0 Å². The van der Waals surface area contributed by atoms with Gasteiger partial charge in [-0.1, -0.05) is 24.3 Å². The van der Waals surface area contributed by atoms with E-state index in [9.17, 15) is 9.59 Å². The number of hydrogen-bond donors (Lipinski definition) is 2. The van der Waals surface area contributed by atoms with Crippen molar-refractivity contribution < 1.29 is 4.79 Å². The minimum atomic E-state index is -0.328. The van der Waals surface area contributed by atoms with E-state index in [1.807, 2.05) is 12.1 Å². The summed E-state index contributed by atoms with van der Waals surface area (Å²) < 4.78 is 1.41. The molecule has 0 spiro atoms. The predicted octanol–water partition coefficient (Wildman–Crippen LogP) is 1.00. The van der Waals surface area contributed by atoms with Gasteiger partial charge in [-0.25, -0.2) is 0 Å². The molecule has 1 unspecified atom stereocenters. The second-order valence-electron chi connectivity index (χ2n) is 5.50. The van der Waals surface area contributed by atoms with Gasteiger partial charge in [0.1, 0.15) is 5.56 Å². The molecule has 0 bridgehead atoms. The highest BCUT2D eigenvalue weighted by Gasteiger charge is 2.20. The number of fused-ring (bicyclic) bond motifs is 1. The average Bonchev–Trinajstić information content (AvgIpc) is 2.55. The maximum atomic E-state index is 12.2. The van der Waals surface area contributed by atoms with E-state index < -0.39 is 0 Å². The number of nitrogens with zero attached hydrogens (tertiary/aromatic N) is 1. The number of carbonyl (C=O) groups is 1. The summed E-state index contributed by atoms with van der Waals surface area (Å²) in [5.74, 6) is -0.328. The highest BCUT2D eigenvalue weighted by molar-refractivity contribution is 5.93. The molecule has 2 heterocycles. The van der Waals surface area contributed by atoms with Crippen LogP contribution in [-0.2, 0) is 13.5 Å². The lowest BCUT2D eigenvalue weighted by Gasteiger charge is -2.27. The first kappa shape index (κ1) is 14.5. The highest BCUT2D eigenvalue weighted by atomic mass is 16.2. The largest absolute Gasteiger partial charge is 0.350 e. The molecule has 0 saturated carbocycles. The number of pyridine rings is 1. The summed E-state index contributed by atoms with van der Waals surface area (Å²) in [5.41, 5.74) is 2.43. The molecule has 0 radical (unpaired) electrons. The van der Waals surface area contributed by atoms with Crippen LogP contribution < -0.4 is 16.2 Å². The smallest absolute Gasteiger partial charge is 0.263 e. The van der Waals surface area contributed by atoms with E-state index in [0.717, 1.165) is 13.0 Å². The van der Waals surface area contributed by atoms with Gasteiger partial charge in [0.25, 0.3) is 11.5 Å². The average molecular weight is 297 g/mol. The van der Waals surface area contributed by atoms with E-state index in [1.165, 1.54) is 15.7 Å². The summed E-state index contributed by atoms with van der Waals surface area (Å²) in [6.07, 6.45) is 2.64. The number of aromatic nitrogens is 1. The number of hydrogen-bond acceptors (Lipinski definition) is 3. The molecule has 1 atom stereocenters. The molecule has 1 aromatic heterocycles. The zero-order valence-electron chi connectivity index (χ0n) is 12.5. The molecule has 0 saturated heterocycles. The third-order valence-corrected chi connectivity index (χ3v) is 4.05. The van der Waals surface area contributed by atoms with E-state index in [-0.39, 0.29) is 23.1 Å². The Morgan fingerprint density at radius 3 is 3.00 bits per heavy atom. The monoisotopic (exact) mass is 297 g/mol. The van der Waals surface area contributed by atoms with Gasteiger partial charge in [0.2, 0.25) is 0 Å². The molecule has 5 heteroatoms. The fourth-order valence-corrected chi connectivity index (χ4v) is 2.84. The Hall–Kier alpha value is -2.40. The quantitative estimate of drug-likeness (QED) is 0.888. The molecule has 5 nitrogen and oxygen atoms in total. The van der Waals surface area contributed by atoms with Crippen molar-refractivity contribution in [1.29, 1.82) is 0 Å². The standard InChI is InChI=1S/C17H19N3O2/c1-20-10-4-7-14(17(20)22)16(21)19-11-15-13-6-3-2-5-12(13)8-9-18-15/h2-7,10,15,18H,8-9,11H2,1H3,(H,19,21). The predicted molar refractivity (Wildman–Crippen MR) is 84.9 cm³/mol. The van der Waals surface area contributed by atoms with Crippen molar-refractivity contribution in [2.24, 2.45) is 7.05 Å². The maximum absolute atomic E-state index is 12.2. The van der Waals surface area contributed by atoms with E-state index >= 15 is 0 Å². The van der Waals surface area contributed by atoms with Gasteiger partial charge in [-0.2, -0.15) is 0 Å². The van der Waals surface area contributed by atoms with Gasteiger partial charge in [-0.05, 0) is 36.2 Å². The minimum Gasteiger partial charge on any atom is -0.350 e. The van der Waals surface area contributed by atoms with Gasteiger partial charge in [-0.3, -0.25) is 9.59 Å². The zero-order valence-corrected chi connectivity index (χ0v) is 12.5. The van der Waals surface area contributed by atoms with Crippen LogP contribution in [-0.4, -0.2) is 23.6 Å². The number of aryl methyl sites for hydroxylation is 1. The van der Waals surface area contributed by atoms with E-state index in [2.05, 4.69) is 22.8 Å². The summed E-state index contributed by atoms with van der Waals surface area (Å²) >= 11 is 0. The Bertz CT molecular complexity index is 752. The topological polar surface area (TPSA) is 63.1 Å². The van der Waals surface area contributed by atoms with E-state index in [1.54, 1.807) is 25.4 Å². The Morgan fingerprint density at radius 2 is 2.14 bits per heavy atom. The molecule has 3 rings (SSSR count). The molecule has 22 heavy (non-hydrogen) atoms. The van der Waals surface area contributed by atoms with Gasteiger partial charge < -0.3 is 15.2 Å². The SMILES string of the molecule is Cn1cccc(C(=O)NCC2NCCc3ccccc32)c1=O. The number of rotatable bonds is 3. The molecule has 1 aliphatic rings. The molecule has 2 aromatic rings. The van der Waals surface area contributed by atoms with Crippen molar-refractivity contribution in [3.8, 4) is 0 Å².